The highest BCUT2D eigenvalue weighted by atomic mass is 35.5. The van der Waals surface area contributed by atoms with Crippen LogP contribution in [0.5, 0.6) is 0 Å². The van der Waals surface area contributed by atoms with Crippen LogP contribution >= 0.6 is 23.2 Å². The lowest BCUT2D eigenvalue weighted by Gasteiger charge is -2.29. The van der Waals surface area contributed by atoms with E-state index in [1.165, 1.54) is 10.4 Å². The van der Waals surface area contributed by atoms with E-state index in [2.05, 4.69) is 5.32 Å². The van der Waals surface area contributed by atoms with Gasteiger partial charge in [-0.25, -0.2) is 8.42 Å². The molecule has 7 heteroatoms. The monoisotopic (exact) mass is 350 g/mol. The molecule has 21 heavy (non-hydrogen) atoms. The van der Waals surface area contributed by atoms with Crippen LogP contribution < -0.4 is 5.32 Å². The van der Waals surface area contributed by atoms with Crippen LogP contribution in [0, 0.1) is 0 Å². The zero-order chi connectivity index (χ0) is 15.6. The fourth-order valence-corrected chi connectivity index (χ4v) is 4.95. The molecule has 1 saturated heterocycles. The third kappa shape index (κ3) is 3.71. The molecule has 118 valence electrons. The molecule has 4 nitrogen and oxygen atoms in total. The van der Waals surface area contributed by atoms with Gasteiger partial charge in [-0.15, -0.1) is 0 Å². The van der Waals surface area contributed by atoms with E-state index in [4.69, 9.17) is 23.2 Å². The molecule has 1 N–H and O–H groups in total. The summed E-state index contributed by atoms with van der Waals surface area (Å²) in [5, 5.41) is 3.66. The molecule has 0 saturated carbocycles. The van der Waals surface area contributed by atoms with Crippen LogP contribution in [0.2, 0.25) is 10.0 Å². The van der Waals surface area contributed by atoms with E-state index < -0.39 is 10.0 Å². The van der Waals surface area contributed by atoms with E-state index in [0.29, 0.717) is 6.54 Å². The van der Waals surface area contributed by atoms with Gasteiger partial charge in [0.15, 0.2) is 0 Å². The second-order valence-electron chi connectivity index (χ2n) is 5.51. The Hall–Kier alpha value is -0.330. The van der Waals surface area contributed by atoms with Gasteiger partial charge in [0.1, 0.15) is 4.90 Å². The fourth-order valence-electron chi connectivity index (χ4n) is 2.53. The molecule has 0 bridgehead atoms. The van der Waals surface area contributed by atoms with E-state index in [1.807, 2.05) is 13.8 Å². The quantitative estimate of drug-likeness (QED) is 0.887. The molecule has 0 spiro atoms. The normalized spacial score (nSPS) is 19.6. The molecule has 2 rings (SSSR count). The molecule has 1 atom stereocenters. The van der Waals surface area contributed by atoms with Gasteiger partial charge in [0, 0.05) is 18.6 Å². The van der Waals surface area contributed by atoms with Crippen LogP contribution in [0.3, 0.4) is 0 Å². The van der Waals surface area contributed by atoms with Crippen LogP contribution in [0.15, 0.2) is 23.1 Å². The highest BCUT2D eigenvalue weighted by Crippen LogP contribution is 2.31. The molecule has 1 heterocycles. The molecular weight excluding hydrogens is 331 g/mol. The van der Waals surface area contributed by atoms with E-state index in [0.717, 1.165) is 19.4 Å². The number of nitrogens with zero attached hydrogens (tertiary/aromatic N) is 1. The third-order valence-corrected chi connectivity index (χ3v) is 6.66. The number of halogens is 2. The molecule has 1 fully saturated rings. The molecule has 0 radical (unpaired) electrons. The smallest absolute Gasteiger partial charge is 0.244 e. The maximum atomic E-state index is 12.9. The molecule has 1 unspecified atom stereocenters. The van der Waals surface area contributed by atoms with E-state index in [1.54, 1.807) is 12.1 Å². The predicted molar refractivity (Wildman–Crippen MR) is 86.5 cm³/mol. The number of sulfonamides is 1. The molecule has 0 aliphatic carbocycles. The first-order valence-corrected chi connectivity index (χ1v) is 9.23. The van der Waals surface area contributed by atoms with Crippen molar-refractivity contribution < 1.29 is 8.42 Å². The average molecular weight is 351 g/mol. The second-order valence-corrected chi connectivity index (χ2v) is 8.16. The Morgan fingerprint density at radius 3 is 2.67 bits per heavy atom. The van der Waals surface area contributed by atoms with Gasteiger partial charge >= 0.3 is 0 Å². The Balaban J connectivity index is 2.35. The van der Waals surface area contributed by atoms with E-state index in [-0.39, 0.29) is 27.0 Å². The summed E-state index contributed by atoms with van der Waals surface area (Å²) in [6, 6.07) is 4.74. The van der Waals surface area contributed by atoms with Crippen molar-refractivity contribution in [1.82, 2.24) is 9.62 Å². The first-order valence-electron chi connectivity index (χ1n) is 7.03. The maximum Gasteiger partial charge on any atom is 0.244 e. The van der Waals surface area contributed by atoms with Crippen molar-refractivity contribution in [2.24, 2.45) is 0 Å². The lowest BCUT2D eigenvalue weighted by molar-refractivity contribution is 0.322. The highest BCUT2D eigenvalue weighted by molar-refractivity contribution is 7.89. The zero-order valence-corrected chi connectivity index (χ0v) is 14.5. The van der Waals surface area contributed by atoms with Crippen LogP contribution in [-0.4, -0.2) is 37.9 Å². The van der Waals surface area contributed by atoms with Crippen molar-refractivity contribution in [1.29, 1.82) is 0 Å². The van der Waals surface area contributed by atoms with Crippen LogP contribution in [-0.2, 0) is 10.0 Å². The maximum absolute atomic E-state index is 12.9. The Kier molecular flexibility index (Phi) is 5.54. The lowest BCUT2D eigenvalue weighted by atomic mass is 10.2. The Morgan fingerprint density at radius 1 is 1.38 bits per heavy atom. The average Bonchev–Trinajstić information content (AvgIpc) is 2.91. The largest absolute Gasteiger partial charge is 0.313 e. The summed E-state index contributed by atoms with van der Waals surface area (Å²) in [4.78, 5) is 0.0726. The number of benzene rings is 1. The molecular formula is C14H20Cl2N2O2S. The Labute approximate surface area is 136 Å². The Morgan fingerprint density at radius 2 is 2.10 bits per heavy atom. The minimum Gasteiger partial charge on any atom is -0.313 e. The molecule has 1 aliphatic heterocycles. The molecule has 1 aromatic rings. The van der Waals surface area contributed by atoms with Gasteiger partial charge in [0.25, 0.3) is 0 Å². The minimum atomic E-state index is -3.66. The van der Waals surface area contributed by atoms with Gasteiger partial charge in [0.05, 0.1) is 10.0 Å². The lowest BCUT2D eigenvalue weighted by Crippen LogP contribution is -2.44. The summed E-state index contributed by atoms with van der Waals surface area (Å²) < 4.78 is 27.3. The van der Waals surface area contributed by atoms with Gasteiger partial charge in [-0.3, -0.25) is 0 Å². The summed E-state index contributed by atoms with van der Waals surface area (Å²) >= 11 is 12.0. The second kappa shape index (κ2) is 6.84. The standard InChI is InChI=1S/C14H20Cl2N2O2S/c1-10(2)18(9-11-5-4-8-17-11)21(19,20)13-7-3-6-12(15)14(13)16/h3,6-7,10-11,17H,4-5,8-9H2,1-2H3. The first kappa shape index (κ1) is 17.0. The first-order chi connectivity index (χ1) is 9.84. The van der Waals surface area contributed by atoms with Gasteiger partial charge in [-0.1, -0.05) is 29.3 Å². The summed E-state index contributed by atoms with van der Waals surface area (Å²) in [5.41, 5.74) is 0. The van der Waals surface area contributed by atoms with Crippen LogP contribution in [0.25, 0.3) is 0 Å². The van der Waals surface area contributed by atoms with Gasteiger partial charge in [-0.05, 0) is 45.4 Å². The van der Waals surface area contributed by atoms with E-state index in [9.17, 15) is 8.42 Å². The molecule has 1 aromatic carbocycles. The van der Waals surface area contributed by atoms with Crippen molar-refractivity contribution in [3.8, 4) is 0 Å². The molecule has 0 amide bonds. The summed E-state index contributed by atoms with van der Waals surface area (Å²) in [5.74, 6) is 0. The number of rotatable bonds is 5. The number of nitrogens with one attached hydrogen (secondary N) is 1. The highest BCUT2D eigenvalue weighted by Gasteiger charge is 2.32. The third-order valence-electron chi connectivity index (χ3n) is 3.64. The van der Waals surface area contributed by atoms with Crippen molar-refractivity contribution >= 4 is 33.2 Å². The van der Waals surface area contributed by atoms with Gasteiger partial charge in [-0.2, -0.15) is 4.31 Å². The fraction of sp³-hybridized carbons (Fsp3) is 0.571. The minimum absolute atomic E-state index is 0.0726. The topological polar surface area (TPSA) is 49.4 Å². The summed E-state index contributed by atoms with van der Waals surface area (Å²) in [7, 11) is -3.66. The van der Waals surface area contributed by atoms with Crippen molar-refractivity contribution in [2.75, 3.05) is 13.1 Å². The van der Waals surface area contributed by atoms with Crippen LogP contribution in [0.1, 0.15) is 26.7 Å². The van der Waals surface area contributed by atoms with Crippen molar-refractivity contribution in [3.63, 3.8) is 0 Å². The zero-order valence-electron chi connectivity index (χ0n) is 12.1. The predicted octanol–water partition coefficient (Wildman–Crippen LogP) is 3.14. The number of hydrogen-bond acceptors (Lipinski definition) is 3. The van der Waals surface area contributed by atoms with Gasteiger partial charge in [0.2, 0.25) is 10.0 Å². The molecule has 0 aromatic heterocycles. The molecule has 1 aliphatic rings. The van der Waals surface area contributed by atoms with Crippen molar-refractivity contribution in [3.05, 3.63) is 28.2 Å². The van der Waals surface area contributed by atoms with Crippen LogP contribution in [0.4, 0.5) is 0 Å². The Bertz CT molecular complexity index is 599. The summed E-state index contributed by atoms with van der Waals surface area (Å²) in [6.45, 7) is 5.12. The number of hydrogen-bond donors (Lipinski definition) is 1. The van der Waals surface area contributed by atoms with Crippen molar-refractivity contribution in [2.45, 2.75) is 43.7 Å². The SMILES string of the molecule is CC(C)N(CC1CCCN1)S(=O)(=O)c1cccc(Cl)c1Cl. The van der Waals surface area contributed by atoms with E-state index >= 15 is 0 Å². The summed E-state index contributed by atoms with van der Waals surface area (Å²) in [6.07, 6.45) is 2.07. The van der Waals surface area contributed by atoms with Gasteiger partial charge < -0.3 is 5.32 Å².